The highest BCUT2D eigenvalue weighted by molar-refractivity contribution is 5.77. The first-order valence-corrected chi connectivity index (χ1v) is 7.66. The number of likely N-dealkylation sites (tertiary alicyclic amines) is 1. The summed E-state index contributed by atoms with van der Waals surface area (Å²) in [6.07, 6.45) is 0.114. The monoisotopic (exact) mass is 326 g/mol. The Morgan fingerprint density at radius 2 is 2.22 bits per heavy atom. The smallest absolute Gasteiger partial charge is 0.246 e. The molecular weight excluding hydrogens is 303 g/mol. The van der Waals surface area contributed by atoms with Crippen molar-refractivity contribution in [1.29, 1.82) is 0 Å². The molecule has 0 bridgehead atoms. The van der Waals surface area contributed by atoms with E-state index < -0.39 is 6.10 Å². The molecule has 2 N–H and O–H groups in total. The first kappa shape index (κ1) is 17.7. The molecule has 0 radical (unpaired) electrons. The van der Waals surface area contributed by atoms with Gasteiger partial charge in [-0.05, 0) is 18.6 Å². The van der Waals surface area contributed by atoms with Crippen molar-refractivity contribution in [3.05, 3.63) is 30.1 Å². The third-order valence-electron chi connectivity index (χ3n) is 3.70. The zero-order valence-electron chi connectivity index (χ0n) is 13.2. The van der Waals surface area contributed by atoms with Crippen LogP contribution in [-0.4, -0.2) is 68.0 Å². The number of halogens is 1. The van der Waals surface area contributed by atoms with Gasteiger partial charge in [-0.15, -0.1) is 0 Å². The van der Waals surface area contributed by atoms with Crippen LogP contribution in [0, 0.1) is 5.82 Å². The molecular formula is C16H23FN2O4. The van der Waals surface area contributed by atoms with Crippen LogP contribution in [-0.2, 0) is 9.53 Å². The van der Waals surface area contributed by atoms with E-state index >= 15 is 0 Å². The molecule has 128 valence electrons. The van der Waals surface area contributed by atoms with Crippen molar-refractivity contribution in [2.45, 2.75) is 18.6 Å². The predicted octanol–water partition coefficient (Wildman–Crippen LogP) is 0.402. The number of ether oxygens (including phenoxy) is 2. The molecule has 1 saturated heterocycles. The highest BCUT2D eigenvalue weighted by atomic mass is 19.1. The van der Waals surface area contributed by atoms with Crippen molar-refractivity contribution in [1.82, 2.24) is 10.2 Å². The number of nitrogens with one attached hydrogen (secondary N) is 1. The Morgan fingerprint density at radius 3 is 2.96 bits per heavy atom. The summed E-state index contributed by atoms with van der Waals surface area (Å²) in [5.74, 6) is -0.357. The second kappa shape index (κ2) is 8.81. The number of methoxy groups -OCH3 is 1. The number of carbonyl (C=O) groups is 1. The van der Waals surface area contributed by atoms with Gasteiger partial charge in [-0.25, -0.2) is 4.39 Å². The van der Waals surface area contributed by atoms with Gasteiger partial charge in [0.15, 0.2) is 11.6 Å². The largest absolute Gasteiger partial charge is 0.490 e. The Bertz CT molecular complexity index is 515. The summed E-state index contributed by atoms with van der Waals surface area (Å²) in [7, 11) is 1.45. The number of aliphatic hydroxyl groups excluding tert-OH is 1. The van der Waals surface area contributed by atoms with Crippen LogP contribution in [0.4, 0.5) is 4.39 Å². The zero-order chi connectivity index (χ0) is 16.7. The molecule has 1 aliphatic heterocycles. The van der Waals surface area contributed by atoms with Gasteiger partial charge in [0.1, 0.15) is 6.61 Å². The lowest BCUT2D eigenvalue weighted by Gasteiger charge is -2.16. The Hall–Kier alpha value is -1.70. The number of rotatable bonds is 8. The van der Waals surface area contributed by atoms with Gasteiger partial charge in [-0.3, -0.25) is 9.69 Å². The quantitative estimate of drug-likeness (QED) is 0.677. The average Bonchev–Trinajstić information content (AvgIpc) is 2.85. The van der Waals surface area contributed by atoms with Crippen molar-refractivity contribution in [3.63, 3.8) is 0 Å². The lowest BCUT2D eigenvalue weighted by Crippen LogP contribution is -2.44. The number of amides is 1. The fourth-order valence-corrected chi connectivity index (χ4v) is 2.60. The number of carbonyl (C=O) groups excluding carboxylic acids is 1. The highest BCUT2D eigenvalue weighted by Gasteiger charge is 2.31. The zero-order valence-corrected chi connectivity index (χ0v) is 13.2. The topological polar surface area (TPSA) is 71.0 Å². The predicted molar refractivity (Wildman–Crippen MR) is 82.8 cm³/mol. The molecule has 0 saturated carbocycles. The molecule has 0 spiro atoms. The van der Waals surface area contributed by atoms with Crippen LogP contribution in [0.25, 0.3) is 0 Å². The third kappa shape index (κ3) is 5.46. The van der Waals surface area contributed by atoms with Gasteiger partial charge >= 0.3 is 0 Å². The summed E-state index contributed by atoms with van der Waals surface area (Å²) in [6.45, 7) is 2.17. The minimum Gasteiger partial charge on any atom is -0.490 e. The molecule has 6 nitrogen and oxygen atoms in total. The van der Waals surface area contributed by atoms with E-state index in [-0.39, 0.29) is 30.1 Å². The molecule has 1 fully saturated rings. The van der Waals surface area contributed by atoms with Crippen molar-refractivity contribution < 1.29 is 23.8 Å². The van der Waals surface area contributed by atoms with Gasteiger partial charge in [-0.2, -0.15) is 0 Å². The Kier molecular flexibility index (Phi) is 6.76. The maximum atomic E-state index is 13.4. The molecule has 2 atom stereocenters. The molecule has 1 aromatic rings. The molecule has 1 amide bonds. The maximum Gasteiger partial charge on any atom is 0.246 e. The van der Waals surface area contributed by atoms with Crippen LogP contribution in [0.3, 0.4) is 0 Å². The van der Waals surface area contributed by atoms with Gasteiger partial charge in [0.2, 0.25) is 5.91 Å². The van der Waals surface area contributed by atoms with Crippen molar-refractivity contribution in [3.8, 4) is 5.75 Å². The summed E-state index contributed by atoms with van der Waals surface area (Å²) in [4.78, 5) is 13.5. The minimum atomic E-state index is -0.594. The molecule has 23 heavy (non-hydrogen) atoms. The summed E-state index contributed by atoms with van der Waals surface area (Å²) < 4.78 is 23.5. The second-order valence-electron chi connectivity index (χ2n) is 5.57. The van der Waals surface area contributed by atoms with Crippen LogP contribution in [0.5, 0.6) is 5.75 Å². The van der Waals surface area contributed by atoms with E-state index in [1.54, 1.807) is 18.2 Å². The number of β-amino-alcohol motifs (C(OH)–C–C–N with tert-alkyl or cyclic N) is 1. The van der Waals surface area contributed by atoms with Gasteiger partial charge in [0.05, 0.1) is 18.8 Å². The number of nitrogens with zero attached hydrogens (tertiary/aromatic N) is 1. The van der Waals surface area contributed by atoms with E-state index in [2.05, 4.69) is 5.32 Å². The standard InChI is InChI=1S/C16H23FN2O4/c1-22-11-16(21)18-13-9-19(10-14(13)20)7-4-8-23-15-6-3-2-5-12(15)17/h2-3,5-6,13-14,20H,4,7-11H2,1H3,(H,18,21)/t13-,14-/m1/s1. The minimum absolute atomic E-state index is 0.0142. The van der Waals surface area contributed by atoms with Gasteiger partial charge in [0.25, 0.3) is 0 Å². The Morgan fingerprint density at radius 1 is 1.43 bits per heavy atom. The van der Waals surface area contributed by atoms with E-state index in [4.69, 9.17) is 9.47 Å². The van der Waals surface area contributed by atoms with Crippen LogP contribution >= 0.6 is 0 Å². The Balaban J connectivity index is 1.67. The molecule has 0 aliphatic carbocycles. The van der Waals surface area contributed by atoms with Crippen molar-refractivity contribution in [2.24, 2.45) is 0 Å². The molecule has 7 heteroatoms. The maximum absolute atomic E-state index is 13.4. The first-order chi connectivity index (χ1) is 11.1. The summed E-state index contributed by atoms with van der Waals surface area (Å²) >= 11 is 0. The van der Waals surface area contributed by atoms with Gasteiger partial charge in [-0.1, -0.05) is 12.1 Å². The van der Waals surface area contributed by atoms with Gasteiger partial charge < -0.3 is 19.9 Å². The van der Waals surface area contributed by atoms with Crippen LogP contribution in [0.15, 0.2) is 24.3 Å². The van der Waals surface area contributed by atoms with Crippen LogP contribution in [0.1, 0.15) is 6.42 Å². The number of benzene rings is 1. The van der Waals surface area contributed by atoms with Gasteiger partial charge in [0, 0.05) is 26.7 Å². The molecule has 2 rings (SSSR count). The normalized spacial score (nSPS) is 21.3. The second-order valence-corrected chi connectivity index (χ2v) is 5.57. The van der Waals surface area contributed by atoms with E-state index in [0.717, 1.165) is 0 Å². The fourth-order valence-electron chi connectivity index (χ4n) is 2.60. The van der Waals surface area contributed by atoms with Crippen molar-refractivity contribution >= 4 is 5.91 Å². The number of aliphatic hydroxyl groups is 1. The van der Waals surface area contributed by atoms with E-state index in [9.17, 15) is 14.3 Å². The summed E-state index contributed by atoms with van der Waals surface area (Å²) in [6, 6.07) is 6.01. The van der Waals surface area contributed by atoms with E-state index in [1.165, 1.54) is 13.2 Å². The SMILES string of the molecule is COCC(=O)N[C@@H]1CN(CCCOc2ccccc2F)C[C@H]1O. The lowest BCUT2D eigenvalue weighted by atomic mass is 10.2. The van der Waals surface area contributed by atoms with Crippen molar-refractivity contribution in [2.75, 3.05) is 40.0 Å². The average molecular weight is 326 g/mol. The fraction of sp³-hybridized carbons (Fsp3) is 0.562. The molecule has 1 aromatic carbocycles. The summed E-state index contributed by atoms with van der Waals surface area (Å²) in [5, 5.41) is 12.7. The Labute approximate surface area is 135 Å². The molecule has 1 heterocycles. The number of hydrogen-bond acceptors (Lipinski definition) is 5. The number of hydrogen-bond donors (Lipinski definition) is 2. The van der Waals surface area contributed by atoms with E-state index in [0.29, 0.717) is 32.7 Å². The summed E-state index contributed by atoms with van der Waals surface area (Å²) in [5.41, 5.74) is 0. The molecule has 1 aliphatic rings. The van der Waals surface area contributed by atoms with Crippen LogP contribution < -0.4 is 10.1 Å². The van der Waals surface area contributed by atoms with Crippen LogP contribution in [0.2, 0.25) is 0 Å². The molecule has 0 unspecified atom stereocenters. The molecule has 0 aromatic heterocycles. The van der Waals surface area contributed by atoms with E-state index in [1.807, 2.05) is 4.90 Å². The lowest BCUT2D eigenvalue weighted by molar-refractivity contribution is -0.125. The number of para-hydroxylation sites is 1. The highest BCUT2D eigenvalue weighted by Crippen LogP contribution is 2.16. The third-order valence-corrected chi connectivity index (χ3v) is 3.70. The first-order valence-electron chi connectivity index (χ1n) is 7.66.